The predicted octanol–water partition coefficient (Wildman–Crippen LogP) is -1.61. The van der Waals surface area contributed by atoms with Crippen LogP contribution in [0, 0.1) is 0 Å². The van der Waals surface area contributed by atoms with E-state index in [4.69, 9.17) is 0 Å². The van der Waals surface area contributed by atoms with Crippen molar-refractivity contribution in [3.63, 3.8) is 0 Å². The first kappa shape index (κ1) is 9.50. The molecule has 0 heterocycles. The van der Waals surface area contributed by atoms with E-state index in [0.29, 0.717) is 6.42 Å². The van der Waals surface area contributed by atoms with Crippen LogP contribution < -0.4 is 6.77 Å². The van der Waals surface area contributed by atoms with Crippen LogP contribution in [0.15, 0.2) is 0 Å². The third-order valence-electron chi connectivity index (χ3n) is 0.747. The molecule has 0 spiro atoms. The molecule has 0 aliphatic rings. The van der Waals surface area contributed by atoms with Crippen LogP contribution in [0.1, 0.15) is 19.8 Å². The Labute approximate surface area is 59.5 Å². The fraction of sp³-hybridized carbons (Fsp3) is 1.00. The monoisotopic (exact) mass is 242 g/mol. The van der Waals surface area contributed by atoms with Gasteiger partial charge in [-0.1, -0.05) is 0 Å². The van der Waals surface area contributed by atoms with Crippen LogP contribution in [0.25, 0.3) is 0 Å². The first-order valence-electron chi connectivity index (χ1n) is 2.73. The molecule has 0 bridgehead atoms. The molecular weight excluding hydrogens is 234 g/mol. The van der Waals surface area contributed by atoms with Crippen molar-refractivity contribution in [3.8, 4) is 0 Å². The molecule has 0 atom stereocenters. The van der Waals surface area contributed by atoms with Gasteiger partial charge in [-0.2, -0.15) is 0 Å². The normalized spacial score (nSPS) is 11.9. The predicted molar refractivity (Wildman–Crippen MR) is 27.3 cm³/mol. The topological polar surface area (TPSA) is 72.4 Å². The van der Waals surface area contributed by atoms with Crippen LogP contribution in [0.4, 0.5) is 0 Å². The van der Waals surface area contributed by atoms with Crippen molar-refractivity contribution in [3.05, 3.63) is 0 Å². The van der Waals surface area contributed by atoms with Gasteiger partial charge in [0.1, 0.15) is 0 Å². The van der Waals surface area contributed by atoms with Gasteiger partial charge in [0.05, 0.1) is 0 Å². The van der Waals surface area contributed by atoms with Crippen molar-refractivity contribution in [2.24, 2.45) is 0 Å². The third kappa shape index (κ3) is 8.50. The van der Waals surface area contributed by atoms with Crippen LogP contribution in [-0.4, -0.2) is 26.7 Å². The standard InChI is InChI=1S/C4H9O.3O.Sb/c1-2-3-4-5;;;;/h2-4H2,1H3;;;;/q-1;;2*-1;+1. The van der Waals surface area contributed by atoms with Crippen LogP contribution >= 0.6 is 0 Å². The Bertz CT molecular complexity index is 107. The third-order valence-corrected chi connectivity index (χ3v) is 2.17. The molecule has 4 nitrogen and oxygen atoms in total. The van der Waals surface area contributed by atoms with Gasteiger partial charge in [0.25, 0.3) is 0 Å². The summed E-state index contributed by atoms with van der Waals surface area (Å²) in [5.74, 6) is 0. The van der Waals surface area contributed by atoms with Gasteiger partial charge in [0.15, 0.2) is 0 Å². The number of hydrogen-bond acceptors (Lipinski definition) is 4. The molecule has 0 radical (unpaired) electrons. The number of rotatable bonds is 4. The van der Waals surface area contributed by atoms with E-state index >= 15 is 0 Å². The van der Waals surface area contributed by atoms with Crippen LogP contribution in [-0.2, 0) is 6.03 Å². The Balaban J connectivity index is 3.18. The molecule has 0 saturated carbocycles. The summed E-state index contributed by atoms with van der Waals surface area (Å²) >= 11 is -5.49. The van der Waals surface area contributed by atoms with E-state index in [1.807, 2.05) is 6.92 Å². The van der Waals surface area contributed by atoms with Gasteiger partial charge < -0.3 is 0 Å². The average Bonchev–Trinajstić information content (AvgIpc) is 1.63. The molecule has 0 rings (SSSR count). The summed E-state index contributed by atoms with van der Waals surface area (Å²) < 4.78 is 33.5. The van der Waals surface area contributed by atoms with Crippen molar-refractivity contribution >= 4 is 20.1 Å². The first-order chi connectivity index (χ1) is 4.06. The van der Waals surface area contributed by atoms with Crippen molar-refractivity contribution in [1.82, 2.24) is 0 Å². The van der Waals surface area contributed by atoms with Crippen LogP contribution in [0.2, 0.25) is 0 Å². The second kappa shape index (κ2) is 4.34. The summed E-state index contributed by atoms with van der Waals surface area (Å²) in [4.78, 5) is 0. The zero-order valence-electron chi connectivity index (χ0n) is 5.20. The van der Waals surface area contributed by atoms with E-state index in [1.54, 1.807) is 0 Å². The maximum atomic E-state index is 9.84. The molecule has 56 valence electrons. The average molecular weight is 243 g/mol. The fourth-order valence-electron chi connectivity index (χ4n) is 0.321. The summed E-state index contributed by atoms with van der Waals surface area (Å²) in [7, 11) is 0. The second-order valence-corrected chi connectivity index (χ2v) is 4.92. The fourth-order valence-corrected chi connectivity index (χ4v) is 1.33. The Morgan fingerprint density at radius 1 is 1.56 bits per heavy atom. The van der Waals surface area contributed by atoms with E-state index in [2.05, 4.69) is 3.02 Å². The van der Waals surface area contributed by atoms with E-state index < -0.39 is 20.1 Å². The van der Waals surface area contributed by atoms with Crippen molar-refractivity contribution < 1.29 is 12.8 Å². The van der Waals surface area contributed by atoms with Gasteiger partial charge in [0.2, 0.25) is 0 Å². The second-order valence-electron chi connectivity index (χ2n) is 1.63. The summed E-state index contributed by atoms with van der Waals surface area (Å²) in [6.07, 6.45) is 1.46. The zero-order valence-corrected chi connectivity index (χ0v) is 7.75. The van der Waals surface area contributed by atoms with Crippen molar-refractivity contribution in [1.29, 1.82) is 0 Å². The molecule has 0 aliphatic heterocycles. The quantitative estimate of drug-likeness (QED) is 0.439. The molecule has 0 aromatic rings. The van der Waals surface area contributed by atoms with E-state index in [1.165, 1.54) is 0 Å². The van der Waals surface area contributed by atoms with E-state index in [0.717, 1.165) is 6.42 Å². The van der Waals surface area contributed by atoms with Gasteiger partial charge in [-0.25, -0.2) is 0 Å². The molecule has 0 aromatic heterocycles. The Morgan fingerprint density at radius 3 is 2.44 bits per heavy atom. The Hall–Kier alpha value is 0.498. The van der Waals surface area contributed by atoms with Gasteiger partial charge in [-0.05, 0) is 0 Å². The SMILES string of the molecule is CCCC[O][Sb](=[O])([O-])[O-]. The van der Waals surface area contributed by atoms with Gasteiger partial charge in [-0.3, -0.25) is 0 Å². The number of hydrogen-bond donors (Lipinski definition) is 0. The molecule has 0 aromatic carbocycles. The Morgan fingerprint density at radius 2 is 2.11 bits per heavy atom. The minimum atomic E-state index is -5.49. The van der Waals surface area contributed by atoms with Gasteiger partial charge in [0, 0.05) is 0 Å². The molecule has 0 unspecified atom stereocenters. The Kier molecular flexibility index (Phi) is 4.58. The summed E-state index contributed by atoms with van der Waals surface area (Å²) in [6.45, 7) is 1.94. The molecule has 0 N–H and O–H groups in total. The van der Waals surface area contributed by atoms with Gasteiger partial charge >= 0.3 is 59.2 Å². The molecule has 9 heavy (non-hydrogen) atoms. The molecule has 0 saturated heterocycles. The molecule has 0 amide bonds. The van der Waals surface area contributed by atoms with Gasteiger partial charge in [-0.15, -0.1) is 0 Å². The minimum absolute atomic E-state index is 0.0542. The molecule has 5 heteroatoms. The van der Waals surface area contributed by atoms with E-state index in [9.17, 15) is 9.79 Å². The summed E-state index contributed by atoms with van der Waals surface area (Å²) in [5, 5.41) is 0. The van der Waals surface area contributed by atoms with Crippen molar-refractivity contribution in [2.45, 2.75) is 19.8 Å². The van der Waals surface area contributed by atoms with Crippen LogP contribution in [0.3, 0.4) is 0 Å². The summed E-state index contributed by atoms with van der Waals surface area (Å²) in [5.41, 5.74) is 0. The van der Waals surface area contributed by atoms with Crippen molar-refractivity contribution in [2.75, 3.05) is 6.61 Å². The first-order valence-corrected chi connectivity index (χ1v) is 6.89. The maximum absolute atomic E-state index is 9.84. The molecule has 0 fully saturated rings. The molecule has 0 aliphatic carbocycles. The number of unbranched alkanes of at least 4 members (excludes halogenated alkanes) is 1. The molecular formula is C4H9O4Sb-2. The van der Waals surface area contributed by atoms with E-state index in [-0.39, 0.29) is 6.61 Å². The van der Waals surface area contributed by atoms with Crippen LogP contribution in [0.5, 0.6) is 0 Å². The summed E-state index contributed by atoms with van der Waals surface area (Å²) in [6, 6.07) is 0. The zero-order chi connectivity index (χ0) is 7.33.